The second kappa shape index (κ2) is 8.75. The first-order valence-electron chi connectivity index (χ1n) is 9.23. The number of para-hydroxylation sites is 2. The van der Waals surface area contributed by atoms with Crippen LogP contribution in [-0.4, -0.2) is 22.1 Å². The first-order valence-corrected chi connectivity index (χ1v) is 10.5. The van der Waals surface area contributed by atoms with Crippen LogP contribution in [0.4, 0.5) is 11.5 Å². The van der Waals surface area contributed by atoms with Gasteiger partial charge in [-0.2, -0.15) is 0 Å². The van der Waals surface area contributed by atoms with Crippen molar-refractivity contribution >= 4 is 40.1 Å². The summed E-state index contributed by atoms with van der Waals surface area (Å²) < 4.78 is 0. The molecular formula is C23H20N4OS. The number of benzene rings is 3. The normalized spacial score (nSPS) is 10.7. The largest absolute Gasteiger partial charge is 0.345 e. The number of carbonyl (C=O) groups excluding carboxylic acids is 1. The number of hydrogen-bond donors (Lipinski definition) is 2. The van der Waals surface area contributed by atoms with E-state index in [9.17, 15) is 4.79 Å². The summed E-state index contributed by atoms with van der Waals surface area (Å²) in [5, 5.41) is 7.07. The molecule has 0 atom stereocenters. The Balaban J connectivity index is 1.58. The maximum Gasteiger partial charge on any atom is 0.289 e. The van der Waals surface area contributed by atoms with Crippen molar-refractivity contribution in [1.29, 1.82) is 0 Å². The van der Waals surface area contributed by atoms with Crippen LogP contribution in [-0.2, 0) is 6.54 Å². The molecule has 0 aliphatic carbocycles. The van der Waals surface area contributed by atoms with Crippen LogP contribution in [0.15, 0.2) is 83.8 Å². The third-order valence-electron chi connectivity index (χ3n) is 4.45. The fourth-order valence-corrected chi connectivity index (χ4v) is 3.34. The summed E-state index contributed by atoms with van der Waals surface area (Å²) in [6.07, 6.45) is 2.04. The van der Waals surface area contributed by atoms with Crippen LogP contribution in [0.25, 0.3) is 10.9 Å². The predicted molar refractivity (Wildman–Crippen MR) is 119 cm³/mol. The van der Waals surface area contributed by atoms with Crippen molar-refractivity contribution in [3.05, 3.63) is 90.3 Å². The smallest absolute Gasteiger partial charge is 0.289 e. The van der Waals surface area contributed by atoms with Crippen molar-refractivity contribution in [2.45, 2.75) is 11.4 Å². The molecule has 1 amide bonds. The lowest BCUT2D eigenvalue weighted by molar-refractivity contribution is 0.0941. The van der Waals surface area contributed by atoms with E-state index >= 15 is 0 Å². The summed E-state index contributed by atoms with van der Waals surface area (Å²) in [5.41, 5.74) is 2.64. The molecule has 0 aliphatic rings. The van der Waals surface area contributed by atoms with Crippen molar-refractivity contribution in [3.63, 3.8) is 0 Å². The van der Waals surface area contributed by atoms with Gasteiger partial charge in [0.15, 0.2) is 0 Å². The SMILES string of the molecule is CSc1ccc(CNC(=O)c2nc(Nc3ccccc3)c3ccccc3n2)cc1. The maximum atomic E-state index is 12.7. The van der Waals surface area contributed by atoms with Crippen LogP contribution in [0.3, 0.4) is 0 Å². The van der Waals surface area contributed by atoms with Gasteiger partial charge in [0.25, 0.3) is 5.91 Å². The zero-order chi connectivity index (χ0) is 20.1. The Hall–Kier alpha value is -3.38. The van der Waals surface area contributed by atoms with E-state index in [1.165, 1.54) is 4.90 Å². The highest BCUT2D eigenvalue weighted by Gasteiger charge is 2.14. The Bertz CT molecular complexity index is 1130. The van der Waals surface area contributed by atoms with Crippen molar-refractivity contribution in [2.75, 3.05) is 11.6 Å². The average Bonchev–Trinajstić information content (AvgIpc) is 2.78. The third kappa shape index (κ3) is 4.55. The van der Waals surface area contributed by atoms with Crippen LogP contribution in [0.5, 0.6) is 0 Å². The highest BCUT2D eigenvalue weighted by molar-refractivity contribution is 7.98. The zero-order valence-electron chi connectivity index (χ0n) is 15.9. The van der Waals surface area contributed by atoms with E-state index in [4.69, 9.17) is 0 Å². The highest BCUT2D eigenvalue weighted by Crippen LogP contribution is 2.23. The summed E-state index contributed by atoms with van der Waals surface area (Å²) in [6, 6.07) is 25.5. The van der Waals surface area contributed by atoms with Gasteiger partial charge in [-0.3, -0.25) is 4.79 Å². The number of hydrogen-bond acceptors (Lipinski definition) is 5. The predicted octanol–water partition coefficient (Wildman–Crippen LogP) is 5.03. The maximum absolute atomic E-state index is 12.7. The van der Waals surface area contributed by atoms with Crippen LogP contribution in [0.1, 0.15) is 16.2 Å². The van der Waals surface area contributed by atoms with Crippen molar-refractivity contribution < 1.29 is 4.79 Å². The average molecular weight is 401 g/mol. The molecule has 1 heterocycles. The van der Waals surface area contributed by atoms with Gasteiger partial charge in [-0.25, -0.2) is 9.97 Å². The van der Waals surface area contributed by atoms with Gasteiger partial charge in [0.05, 0.1) is 5.52 Å². The second-order valence-corrected chi connectivity index (χ2v) is 7.31. The zero-order valence-corrected chi connectivity index (χ0v) is 16.7. The van der Waals surface area contributed by atoms with E-state index in [1.807, 2.05) is 85.1 Å². The van der Waals surface area contributed by atoms with Crippen LogP contribution < -0.4 is 10.6 Å². The lowest BCUT2D eigenvalue weighted by Crippen LogP contribution is -2.25. The minimum absolute atomic E-state index is 0.142. The van der Waals surface area contributed by atoms with Crippen molar-refractivity contribution in [2.24, 2.45) is 0 Å². The molecule has 2 N–H and O–H groups in total. The Morgan fingerprint density at radius 1 is 0.897 bits per heavy atom. The molecule has 29 heavy (non-hydrogen) atoms. The number of nitrogens with zero attached hydrogens (tertiary/aromatic N) is 2. The lowest BCUT2D eigenvalue weighted by Gasteiger charge is -2.11. The molecule has 0 unspecified atom stereocenters. The fourth-order valence-electron chi connectivity index (χ4n) is 2.94. The topological polar surface area (TPSA) is 66.9 Å². The van der Waals surface area contributed by atoms with E-state index in [0.717, 1.165) is 22.2 Å². The van der Waals surface area contributed by atoms with Crippen molar-refractivity contribution in [1.82, 2.24) is 15.3 Å². The van der Waals surface area contributed by atoms with Gasteiger partial charge >= 0.3 is 0 Å². The van der Waals surface area contributed by atoms with Gasteiger partial charge in [-0.05, 0) is 48.2 Å². The standard InChI is InChI=1S/C23H20N4OS/c1-29-18-13-11-16(12-14-18)15-24-23(28)22-26-20-10-6-5-9-19(20)21(27-22)25-17-7-3-2-4-8-17/h2-14H,15H2,1H3,(H,24,28)(H,25,26,27). The number of carbonyl (C=O) groups is 1. The molecule has 0 spiro atoms. The molecule has 0 saturated heterocycles. The van der Waals surface area contributed by atoms with Gasteiger partial charge in [0, 0.05) is 22.5 Å². The first kappa shape index (κ1) is 19.0. The number of rotatable bonds is 6. The Kier molecular flexibility index (Phi) is 5.72. The minimum atomic E-state index is -0.305. The number of aromatic nitrogens is 2. The summed E-state index contributed by atoms with van der Waals surface area (Å²) in [5.74, 6) is 0.444. The van der Waals surface area contributed by atoms with Gasteiger partial charge in [-0.15, -0.1) is 11.8 Å². The quantitative estimate of drug-likeness (QED) is 0.445. The van der Waals surface area contributed by atoms with Crippen LogP contribution in [0.2, 0.25) is 0 Å². The number of nitrogens with one attached hydrogen (secondary N) is 2. The summed E-state index contributed by atoms with van der Waals surface area (Å²) in [7, 11) is 0. The Morgan fingerprint density at radius 2 is 1.62 bits per heavy atom. The number of amides is 1. The molecule has 5 nitrogen and oxygen atoms in total. The molecule has 4 rings (SSSR count). The van der Waals surface area contributed by atoms with E-state index in [-0.39, 0.29) is 11.7 Å². The van der Waals surface area contributed by atoms with E-state index in [1.54, 1.807) is 11.8 Å². The molecule has 3 aromatic carbocycles. The summed E-state index contributed by atoms with van der Waals surface area (Å²) in [4.78, 5) is 22.9. The molecular weight excluding hydrogens is 380 g/mol. The number of thioether (sulfide) groups is 1. The highest BCUT2D eigenvalue weighted by atomic mass is 32.2. The number of anilines is 2. The summed E-state index contributed by atoms with van der Waals surface area (Å²) in [6.45, 7) is 0.422. The molecule has 0 fully saturated rings. The van der Waals surface area contributed by atoms with E-state index in [2.05, 4.69) is 20.6 Å². The molecule has 0 radical (unpaired) electrons. The van der Waals surface area contributed by atoms with Gasteiger partial charge < -0.3 is 10.6 Å². The number of fused-ring (bicyclic) bond motifs is 1. The Labute approximate surface area is 173 Å². The van der Waals surface area contributed by atoms with Crippen LogP contribution in [0, 0.1) is 0 Å². The molecule has 0 saturated carbocycles. The molecule has 6 heteroatoms. The second-order valence-electron chi connectivity index (χ2n) is 6.43. The fraction of sp³-hybridized carbons (Fsp3) is 0.0870. The van der Waals surface area contributed by atoms with Gasteiger partial charge in [0.1, 0.15) is 5.82 Å². The Morgan fingerprint density at radius 3 is 2.38 bits per heavy atom. The molecule has 0 aliphatic heterocycles. The van der Waals surface area contributed by atoms with E-state index in [0.29, 0.717) is 12.4 Å². The molecule has 144 valence electrons. The third-order valence-corrected chi connectivity index (χ3v) is 5.20. The van der Waals surface area contributed by atoms with Crippen molar-refractivity contribution in [3.8, 4) is 0 Å². The molecule has 1 aromatic heterocycles. The molecule has 0 bridgehead atoms. The van der Waals surface area contributed by atoms with E-state index < -0.39 is 0 Å². The first-order chi connectivity index (χ1) is 14.2. The van der Waals surface area contributed by atoms with Gasteiger partial charge in [-0.1, -0.05) is 42.5 Å². The summed E-state index contributed by atoms with van der Waals surface area (Å²) >= 11 is 1.69. The van der Waals surface area contributed by atoms with Gasteiger partial charge in [0.2, 0.25) is 5.82 Å². The molecule has 4 aromatic rings. The monoisotopic (exact) mass is 400 g/mol. The van der Waals surface area contributed by atoms with Crippen LogP contribution >= 0.6 is 11.8 Å². The minimum Gasteiger partial charge on any atom is -0.345 e. The lowest BCUT2D eigenvalue weighted by atomic mass is 10.2.